The molecule has 0 saturated carbocycles. The van der Waals surface area contributed by atoms with Gasteiger partial charge in [0.05, 0.1) is 11.4 Å². The molecule has 0 spiro atoms. The number of para-hydroxylation sites is 1. The zero-order valence-corrected chi connectivity index (χ0v) is 16.6. The molecule has 2 N–H and O–H groups in total. The van der Waals surface area contributed by atoms with Crippen molar-refractivity contribution < 1.29 is 9.59 Å². The lowest BCUT2D eigenvalue weighted by Crippen LogP contribution is -2.26. The highest BCUT2D eigenvalue weighted by atomic mass is 32.1. The lowest BCUT2D eigenvalue weighted by atomic mass is 10.2. The summed E-state index contributed by atoms with van der Waals surface area (Å²) in [5.41, 5.74) is 2.03. The summed E-state index contributed by atoms with van der Waals surface area (Å²) in [6.07, 6.45) is 0.698. The van der Waals surface area contributed by atoms with Gasteiger partial charge in [0.2, 0.25) is 5.91 Å². The van der Waals surface area contributed by atoms with Crippen molar-refractivity contribution in [2.45, 2.75) is 19.8 Å². The maximum Gasteiger partial charge on any atom is 0.295 e. The van der Waals surface area contributed by atoms with E-state index in [1.54, 1.807) is 30.1 Å². The van der Waals surface area contributed by atoms with E-state index in [0.717, 1.165) is 5.69 Å². The number of anilines is 1. The maximum atomic E-state index is 12.8. The second-order valence-electron chi connectivity index (χ2n) is 6.36. The number of hydrogen-bond donors (Lipinski definition) is 2. The highest BCUT2D eigenvalue weighted by molar-refractivity contribution is 7.08. The molecule has 1 aromatic carbocycles. The van der Waals surface area contributed by atoms with Crippen LogP contribution in [0, 0.1) is 6.92 Å². The molecule has 0 aliphatic rings. The van der Waals surface area contributed by atoms with Crippen LogP contribution in [0.3, 0.4) is 0 Å². The maximum absolute atomic E-state index is 12.8. The van der Waals surface area contributed by atoms with E-state index in [4.69, 9.17) is 0 Å². The molecule has 146 valence electrons. The fourth-order valence-electron chi connectivity index (χ4n) is 2.86. The highest BCUT2D eigenvalue weighted by Crippen LogP contribution is 2.14. The summed E-state index contributed by atoms with van der Waals surface area (Å²) in [5.74, 6) is -0.401. The van der Waals surface area contributed by atoms with E-state index in [1.807, 2.05) is 35.7 Å². The Morgan fingerprint density at radius 2 is 1.89 bits per heavy atom. The van der Waals surface area contributed by atoms with Gasteiger partial charge in [0.1, 0.15) is 5.69 Å². The third kappa shape index (κ3) is 4.23. The van der Waals surface area contributed by atoms with Gasteiger partial charge in [-0.05, 0) is 36.9 Å². The molecular formula is C20H22N4O3S. The van der Waals surface area contributed by atoms with Gasteiger partial charge in [-0.3, -0.25) is 19.1 Å². The van der Waals surface area contributed by atoms with E-state index in [-0.39, 0.29) is 29.5 Å². The minimum absolute atomic E-state index is 0.147. The van der Waals surface area contributed by atoms with Crippen LogP contribution >= 0.6 is 11.3 Å². The van der Waals surface area contributed by atoms with Crippen molar-refractivity contribution in [3.8, 4) is 5.69 Å². The molecule has 0 aliphatic heterocycles. The van der Waals surface area contributed by atoms with Crippen LogP contribution < -0.4 is 16.2 Å². The number of nitrogens with one attached hydrogen (secondary N) is 2. The number of aromatic nitrogens is 2. The second kappa shape index (κ2) is 8.71. The van der Waals surface area contributed by atoms with Crippen molar-refractivity contribution in [1.29, 1.82) is 0 Å². The Hall–Kier alpha value is -3.13. The first-order chi connectivity index (χ1) is 13.5. The van der Waals surface area contributed by atoms with Crippen LogP contribution in [-0.2, 0) is 11.8 Å². The zero-order chi connectivity index (χ0) is 20.1. The van der Waals surface area contributed by atoms with Crippen molar-refractivity contribution in [2.24, 2.45) is 7.05 Å². The van der Waals surface area contributed by atoms with Gasteiger partial charge in [-0.15, -0.1) is 0 Å². The largest absolute Gasteiger partial charge is 0.352 e. The monoisotopic (exact) mass is 398 g/mol. The number of carbonyl (C=O) groups is 2. The molecule has 7 nitrogen and oxygen atoms in total. The Bertz CT molecular complexity index is 1020. The number of thiophene rings is 1. The van der Waals surface area contributed by atoms with Crippen LogP contribution in [0.2, 0.25) is 0 Å². The molecule has 3 rings (SSSR count). The smallest absolute Gasteiger partial charge is 0.295 e. The average Bonchev–Trinajstić information content (AvgIpc) is 3.30. The second-order valence-corrected chi connectivity index (χ2v) is 7.14. The lowest BCUT2D eigenvalue weighted by molar-refractivity contribution is -0.116. The Kier molecular flexibility index (Phi) is 6.10. The first-order valence-electron chi connectivity index (χ1n) is 8.93. The molecule has 0 atom stereocenters. The van der Waals surface area contributed by atoms with E-state index < -0.39 is 0 Å². The standard InChI is InChI=1S/C20H22N4O3S/c1-14-18(20(27)24(23(14)2)16-7-4-3-5-8-16)22-17(25)9-6-11-21-19(26)15-10-12-28-13-15/h3-5,7-8,10,12-13H,6,9,11H2,1-2H3,(H,21,26)(H,22,25). The first-order valence-corrected chi connectivity index (χ1v) is 9.87. The number of amides is 2. The van der Waals surface area contributed by atoms with Crippen LogP contribution in [0.15, 0.2) is 52.0 Å². The van der Waals surface area contributed by atoms with Gasteiger partial charge in [-0.1, -0.05) is 18.2 Å². The van der Waals surface area contributed by atoms with Crippen molar-refractivity contribution in [1.82, 2.24) is 14.7 Å². The van der Waals surface area contributed by atoms with Crippen molar-refractivity contribution >= 4 is 28.8 Å². The van der Waals surface area contributed by atoms with Crippen molar-refractivity contribution in [2.75, 3.05) is 11.9 Å². The molecule has 28 heavy (non-hydrogen) atoms. The minimum atomic E-state index is -0.273. The molecule has 0 radical (unpaired) electrons. The number of rotatable bonds is 7. The summed E-state index contributed by atoms with van der Waals surface area (Å²) in [6.45, 7) is 2.18. The Labute approximate surface area is 166 Å². The number of hydrogen-bond acceptors (Lipinski definition) is 4. The summed E-state index contributed by atoms with van der Waals surface area (Å²) in [7, 11) is 1.78. The third-order valence-corrected chi connectivity index (χ3v) is 5.15. The topological polar surface area (TPSA) is 85.1 Å². The molecule has 0 fully saturated rings. The summed E-state index contributed by atoms with van der Waals surface area (Å²) in [4.78, 5) is 36.9. The Balaban J connectivity index is 1.59. The van der Waals surface area contributed by atoms with Crippen LogP contribution in [0.1, 0.15) is 28.9 Å². The molecule has 0 aliphatic carbocycles. The third-order valence-electron chi connectivity index (χ3n) is 4.47. The fraction of sp³-hybridized carbons (Fsp3) is 0.250. The summed E-state index contributed by atoms with van der Waals surface area (Å²) in [5, 5.41) is 9.12. The van der Waals surface area contributed by atoms with Crippen LogP contribution in [0.4, 0.5) is 5.69 Å². The fourth-order valence-corrected chi connectivity index (χ4v) is 3.50. The molecular weight excluding hydrogens is 376 g/mol. The van der Waals surface area contributed by atoms with Gasteiger partial charge in [-0.2, -0.15) is 11.3 Å². The number of benzene rings is 1. The van der Waals surface area contributed by atoms with Gasteiger partial charge in [-0.25, -0.2) is 4.68 Å². The average molecular weight is 398 g/mol. The van der Waals surface area contributed by atoms with E-state index in [2.05, 4.69) is 10.6 Å². The van der Waals surface area contributed by atoms with Crippen LogP contribution in [0.25, 0.3) is 5.69 Å². The zero-order valence-electron chi connectivity index (χ0n) is 15.8. The van der Waals surface area contributed by atoms with Gasteiger partial charge in [0.25, 0.3) is 11.5 Å². The SMILES string of the molecule is Cc1c(NC(=O)CCCNC(=O)c2ccsc2)c(=O)n(-c2ccccc2)n1C. The first kappa shape index (κ1) is 19.6. The highest BCUT2D eigenvalue weighted by Gasteiger charge is 2.17. The minimum Gasteiger partial charge on any atom is -0.352 e. The van der Waals surface area contributed by atoms with E-state index >= 15 is 0 Å². The van der Waals surface area contributed by atoms with Crippen LogP contribution in [-0.4, -0.2) is 27.7 Å². The van der Waals surface area contributed by atoms with E-state index in [9.17, 15) is 14.4 Å². The van der Waals surface area contributed by atoms with Crippen LogP contribution in [0.5, 0.6) is 0 Å². The summed E-state index contributed by atoms with van der Waals surface area (Å²) >= 11 is 1.46. The molecule has 2 heterocycles. The molecule has 2 amide bonds. The predicted molar refractivity (Wildman–Crippen MR) is 110 cm³/mol. The number of nitrogens with zero attached hydrogens (tertiary/aromatic N) is 2. The summed E-state index contributed by atoms with van der Waals surface area (Å²) in [6, 6.07) is 11.0. The van der Waals surface area contributed by atoms with Gasteiger partial charge in [0, 0.05) is 31.0 Å². The normalized spacial score (nSPS) is 10.6. The number of carbonyl (C=O) groups excluding carboxylic acids is 2. The molecule has 3 aromatic rings. The van der Waals surface area contributed by atoms with E-state index in [1.165, 1.54) is 16.0 Å². The van der Waals surface area contributed by atoms with Crippen molar-refractivity contribution in [3.05, 3.63) is 68.8 Å². The van der Waals surface area contributed by atoms with Gasteiger partial charge >= 0.3 is 0 Å². The molecule has 0 saturated heterocycles. The van der Waals surface area contributed by atoms with Gasteiger partial charge in [0.15, 0.2) is 0 Å². The molecule has 2 aromatic heterocycles. The molecule has 8 heteroatoms. The Morgan fingerprint density at radius 1 is 1.14 bits per heavy atom. The quantitative estimate of drug-likeness (QED) is 0.600. The summed E-state index contributed by atoms with van der Waals surface area (Å²) < 4.78 is 3.24. The van der Waals surface area contributed by atoms with E-state index in [0.29, 0.717) is 24.2 Å². The van der Waals surface area contributed by atoms with Crippen molar-refractivity contribution in [3.63, 3.8) is 0 Å². The lowest BCUT2D eigenvalue weighted by Gasteiger charge is -2.07. The predicted octanol–water partition coefficient (Wildman–Crippen LogP) is 2.69. The molecule has 0 bridgehead atoms. The molecule has 0 unspecified atom stereocenters. The Morgan fingerprint density at radius 3 is 2.57 bits per heavy atom. The van der Waals surface area contributed by atoms with Gasteiger partial charge < -0.3 is 10.6 Å².